The van der Waals surface area contributed by atoms with Gasteiger partial charge in [-0.1, -0.05) is 120 Å². The van der Waals surface area contributed by atoms with Gasteiger partial charge in [-0.25, -0.2) is 19.2 Å². The van der Waals surface area contributed by atoms with Crippen molar-refractivity contribution in [1.82, 2.24) is 97.7 Å². The lowest BCUT2D eigenvalue weighted by Gasteiger charge is -2.28. The quantitative estimate of drug-likeness (QED) is 0.0213. The van der Waals surface area contributed by atoms with Crippen LogP contribution in [-0.4, -0.2) is 277 Å². The van der Waals surface area contributed by atoms with Crippen LogP contribution in [-0.2, 0) is 99.5 Å². The van der Waals surface area contributed by atoms with Crippen LogP contribution >= 0.6 is 11.6 Å². The van der Waals surface area contributed by atoms with Crippen LogP contribution in [0.3, 0.4) is 0 Å². The molecule has 54 heteroatoms. The Labute approximate surface area is 854 Å². The van der Waals surface area contributed by atoms with E-state index in [1.165, 1.54) is 20.3 Å². The van der Waals surface area contributed by atoms with Gasteiger partial charge in [-0.15, -0.1) is 23.7 Å². The van der Waals surface area contributed by atoms with Gasteiger partial charge in [0.25, 0.3) is 22.2 Å². The lowest BCUT2D eigenvalue weighted by atomic mass is 10.1. The van der Waals surface area contributed by atoms with E-state index in [1.54, 1.807) is 72.1 Å². The summed E-state index contributed by atoms with van der Waals surface area (Å²) in [6.45, 7) is 25.1. The van der Waals surface area contributed by atoms with Crippen LogP contribution in [0.25, 0.3) is 44.7 Å². The number of alkyl halides is 12. The molecule has 4 aromatic carbocycles. The molecule has 4 saturated heterocycles. The van der Waals surface area contributed by atoms with Gasteiger partial charge in [-0.3, -0.25) is 55.7 Å². The molecule has 16 rings (SSSR count). The number of likely N-dealkylation sites (N-methyl/N-ethyl adjacent to an activating group) is 1. The number of rotatable bonds is 23. The summed E-state index contributed by atoms with van der Waals surface area (Å²) in [6, 6.07) is 35.9. The Morgan fingerprint density at radius 2 is 0.640 bits per heavy atom. The summed E-state index contributed by atoms with van der Waals surface area (Å²) < 4.78 is 146. The molecule has 150 heavy (non-hydrogen) atoms. The number of benzene rings is 4. The van der Waals surface area contributed by atoms with Crippen molar-refractivity contribution in [2.24, 2.45) is 28.2 Å². The van der Waals surface area contributed by atoms with Gasteiger partial charge in [0.05, 0.1) is 33.3 Å². The fraction of sp³-hybridized carbons (Fsp3) is 0.417. The largest absolute Gasteiger partial charge is 0.497 e. The van der Waals surface area contributed by atoms with Gasteiger partial charge < -0.3 is 86.9 Å². The number of nitrogens with one attached hydrogen (secondary N) is 7. The van der Waals surface area contributed by atoms with Gasteiger partial charge in [-0.05, 0) is 87.1 Å². The van der Waals surface area contributed by atoms with Gasteiger partial charge in [0, 0.05) is 171 Å². The minimum atomic E-state index is -5.08. The highest BCUT2D eigenvalue weighted by molar-refractivity contribution is 6.30. The fourth-order valence-corrected chi connectivity index (χ4v) is 14.9. The first-order valence-electron chi connectivity index (χ1n) is 46.1. The molecule has 0 amide bonds. The van der Waals surface area contributed by atoms with Crippen LogP contribution in [0.4, 0.5) is 100 Å². The molecule has 0 saturated carbocycles. The lowest BCUT2D eigenvalue weighted by Crippen LogP contribution is -2.44. The number of hydrogen-bond donors (Lipinski definition) is 11. The molecule has 0 aliphatic carbocycles. The Morgan fingerprint density at radius 1 is 0.380 bits per heavy atom. The summed E-state index contributed by atoms with van der Waals surface area (Å²) in [5, 5.41) is 52.4. The van der Waals surface area contributed by atoms with E-state index < -0.39 is 48.6 Å². The standard InChI is InChI=1S/C23H29N7O.C22H27N7O2.C22H27N7O.C21H24ClN7O.4C2HF3O2/c1-4-5-14-30-19-20(26-23(30)29-16-12-24-13-17-29)25-22(28(3)21(19)31)27(2)15-11-18-9-7-6-8-10-18;1-4-5-12-29-18-19(26-22(29)28-13-10-23-11-14-28)25-21(27(2)20(18)30)24-15-16-6-8-17(31-3)9-7-16;1-3-4-14-29-18-19(26-22(29)28-15-12-23-13-16-28)25-21(27(2)20(18)30)24-11-10-17-8-6-5-7-9-17;1-3-4-11-29-17-18(26-21(29)28-12-9-23-10-13-28)25-20(27(2)19(17)30)24-14-15-5-7-16(22)8-6-15;4*3-2(4,5)1(6)7/h6-10,24H,11-17H2,1-3H3;6-9,23H,10-15H2,1-3H3,(H,24,25);5-9,23H,10-16H2,1-2H3,(H,24,25);5-8,23H,9-14H2,1-2H3,(H,24,25);4*(H,6,7). The van der Waals surface area contributed by atoms with Crippen LogP contribution < -0.4 is 88.7 Å². The summed E-state index contributed by atoms with van der Waals surface area (Å²) >= 11 is 5.95. The summed E-state index contributed by atoms with van der Waals surface area (Å²) in [6.07, 6.45) is -18.6. The molecule has 41 nitrogen and oxygen atoms in total. The molecule has 804 valence electrons. The van der Waals surface area contributed by atoms with Crippen molar-refractivity contribution < 1.29 is 97.0 Å². The summed E-state index contributed by atoms with van der Waals surface area (Å²) in [7, 11) is 10.6. The second kappa shape index (κ2) is 55.1. The molecule has 0 atom stereocenters. The van der Waals surface area contributed by atoms with Gasteiger partial charge in [-0.2, -0.15) is 92.6 Å². The average molecular weight is 2130 g/mol. The maximum atomic E-state index is 13.4. The van der Waals surface area contributed by atoms with Crippen LogP contribution in [0.1, 0.15) is 49.9 Å². The molecule has 11 N–H and O–H groups in total. The minimum absolute atomic E-state index is 0.0988. The molecule has 0 spiro atoms. The lowest BCUT2D eigenvalue weighted by molar-refractivity contribution is -0.193. The van der Waals surface area contributed by atoms with E-state index in [2.05, 4.69) is 143 Å². The Kier molecular flexibility index (Phi) is 43.1. The van der Waals surface area contributed by atoms with E-state index >= 15 is 0 Å². The molecular formula is C96H111ClF12N28O13. The SMILES string of the molecule is CC#CCn1c(N2CCNCC2)nc2nc(N(C)CCc3ccccc3)n(C)c(=O)c21.CC#CCn1c(N2CCNCC2)nc2nc(NCCc3ccccc3)n(C)c(=O)c21.CC#CCn1c(N2CCNCC2)nc2nc(NCc3ccc(Cl)cc3)n(C)c(=O)c21.CC#CCn1c(N2CCNCC2)nc2nc(NCc3ccc(OC)cc3)n(C)c(=O)c21.O=C(O)C(F)(F)F.O=C(O)C(F)(F)F.O=C(O)C(F)(F)F.O=C(O)C(F)(F)F. The van der Waals surface area contributed by atoms with Crippen molar-refractivity contribution >= 4 is 128 Å². The number of aliphatic carboxylic acids is 4. The van der Waals surface area contributed by atoms with E-state index in [9.17, 15) is 71.9 Å². The molecule has 0 bridgehead atoms. The third-order valence-electron chi connectivity index (χ3n) is 22.5. The van der Waals surface area contributed by atoms with Crippen molar-refractivity contribution in [3.8, 4) is 53.1 Å². The number of aromatic nitrogens is 16. The highest BCUT2D eigenvalue weighted by atomic mass is 35.5. The van der Waals surface area contributed by atoms with Crippen molar-refractivity contribution in [2.75, 3.05) is 172 Å². The zero-order chi connectivity index (χ0) is 110. The van der Waals surface area contributed by atoms with Gasteiger partial charge in [0.2, 0.25) is 47.6 Å². The van der Waals surface area contributed by atoms with Gasteiger partial charge >= 0.3 is 48.6 Å². The van der Waals surface area contributed by atoms with E-state index in [0.29, 0.717) is 119 Å². The topological polar surface area (TPSA) is 470 Å². The normalized spacial score (nSPS) is 13.4. The fourth-order valence-electron chi connectivity index (χ4n) is 14.8. The molecule has 12 aromatic rings. The number of fused-ring (bicyclic) bond motifs is 4. The van der Waals surface area contributed by atoms with E-state index in [4.69, 9.17) is 80.9 Å². The monoisotopic (exact) mass is 2130 g/mol. The number of imidazole rings is 4. The zero-order valence-corrected chi connectivity index (χ0v) is 83.8. The number of hydrogen-bond acceptors (Lipinski definition) is 29. The maximum Gasteiger partial charge on any atom is 0.490 e. The van der Waals surface area contributed by atoms with Crippen LogP contribution in [0.5, 0.6) is 5.75 Å². The number of carbonyl (C=O) groups is 4. The molecule has 4 aliphatic heterocycles. The number of methoxy groups -OCH3 is 1. The second-order valence-corrected chi connectivity index (χ2v) is 33.2. The second-order valence-electron chi connectivity index (χ2n) is 32.7. The Bertz CT molecular complexity index is 7050. The first kappa shape index (κ1) is 117. The number of piperazine rings is 4. The van der Waals surface area contributed by atoms with E-state index in [-0.39, 0.29) is 22.2 Å². The van der Waals surface area contributed by atoms with Crippen molar-refractivity contribution in [1.29, 1.82) is 0 Å². The number of halogens is 13. The third-order valence-corrected chi connectivity index (χ3v) is 22.7. The van der Waals surface area contributed by atoms with Crippen molar-refractivity contribution in [2.45, 2.75) is 105 Å². The molecule has 0 radical (unpaired) electrons. The minimum Gasteiger partial charge on any atom is -0.497 e. The summed E-state index contributed by atoms with van der Waals surface area (Å²) in [5.41, 5.74) is 7.87. The predicted molar refractivity (Wildman–Crippen MR) is 541 cm³/mol. The number of nitrogens with zero attached hydrogens (tertiary/aromatic N) is 21. The number of carboxylic acids is 4. The predicted octanol–water partition coefficient (Wildman–Crippen LogP) is 8.00. The van der Waals surface area contributed by atoms with Gasteiger partial charge in [0.1, 0.15) is 5.75 Å². The van der Waals surface area contributed by atoms with Crippen LogP contribution in [0, 0.1) is 47.4 Å². The highest BCUT2D eigenvalue weighted by Gasteiger charge is 2.41. The van der Waals surface area contributed by atoms with Gasteiger partial charge in [0.15, 0.2) is 44.7 Å². The van der Waals surface area contributed by atoms with Crippen LogP contribution in [0.15, 0.2) is 128 Å². The summed E-state index contributed by atoms with van der Waals surface area (Å²) in [4.78, 5) is 137. The van der Waals surface area contributed by atoms with Crippen LogP contribution in [0.2, 0.25) is 5.02 Å². The number of carboxylic acid groups (broad SMARTS) is 4. The number of anilines is 8. The third kappa shape index (κ3) is 32.7. The molecule has 0 unspecified atom stereocenters. The molecule has 8 aromatic heterocycles. The maximum absolute atomic E-state index is 13.4. The molecule has 12 heterocycles. The number of ether oxygens (including phenoxy) is 1. The molecular weight excluding hydrogens is 2020 g/mol. The van der Waals surface area contributed by atoms with E-state index in [1.807, 2.05) is 115 Å². The Balaban J connectivity index is 0.000000204. The zero-order valence-electron chi connectivity index (χ0n) is 83.0. The van der Waals surface area contributed by atoms with E-state index in [0.717, 1.165) is 165 Å². The summed E-state index contributed by atoms with van der Waals surface area (Å²) in [5.74, 6) is 18.9. The average Bonchev–Trinajstić information content (AvgIpc) is 1.62. The van der Waals surface area contributed by atoms with Crippen molar-refractivity contribution in [3.63, 3.8) is 0 Å². The molecule has 4 aliphatic rings. The van der Waals surface area contributed by atoms with Crippen molar-refractivity contribution in [3.05, 3.63) is 178 Å². The Hall–Kier alpha value is -16.1. The first-order chi connectivity index (χ1) is 71.3. The first-order valence-corrected chi connectivity index (χ1v) is 46.5. The Morgan fingerprint density at radius 3 is 0.913 bits per heavy atom. The highest BCUT2D eigenvalue weighted by Crippen LogP contribution is 2.29. The smallest absolute Gasteiger partial charge is 0.490 e. The molecule has 4 fully saturated rings.